The molecule has 1 aliphatic heterocycles. The van der Waals surface area contributed by atoms with Crippen molar-refractivity contribution in [1.29, 1.82) is 0 Å². The lowest BCUT2D eigenvalue weighted by molar-refractivity contribution is -0.116. The Morgan fingerprint density at radius 1 is 1.25 bits per heavy atom. The molecule has 104 valence electrons. The Balaban J connectivity index is 2.35. The van der Waals surface area contributed by atoms with E-state index in [4.69, 9.17) is 0 Å². The number of amides is 1. The third kappa shape index (κ3) is 1.74. The van der Waals surface area contributed by atoms with Gasteiger partial charge >= 0.3 is 5.69 Å². The zero-order valence-electron chi connectivity index (χ0n) is 11.0. The van der Waals surface area contributed by atoms with Crippen LogP contribution in [-0.2, 0) is 18.9 Å². The molecule has 20 heavy (non-hydrogen) atoms. The Labute approximate surface area is 118 Å². The van der Waals surface area contributed by atoms with Crippen LogP contribution < -0.4 is 16.6 Å². The molecule has 0 spiro atoms. The molecule has 3 heterocycles. The summed E-state index contributed by atoms with van der Waals surface area (Å²) in [6, 6.07) is 3.79. The molecular weight excluding hydrogens is 278 g/mol. The van der Waals surface area contributed by atoms with E-state index in [0.717, 1.165) is 9.44 Å². The van der Waals surface area contributed by atoms with Crippen LogP contribution in [0, 0.1) is 0 Å². The zero-order valence-corrected chi connectivity index (χ0v) is 11.9. The van der Waals surface area contributed by atoms with Crippen molar-refractivity contribution in [3.05, 3.63) is 48.8 Å². The number of nitrogens with one attached hydrogen (secondary N) is 1. The molecule has 0 bridgehead atoms. The number of rotatable bonds is 1. The second kappa shape index (κ2) is 4.45. The first-order valence-electron chi connectivity index (χ1n) is 6.14. The Morgan fingerprint density at radius 3 is 2.65 bits per heavy atom. The van der Waals surface area contributed by atoms with Crippen LogP contribution in [0.5, 0.6) is 0 Å². The molecule has 6 nitrogen and oxygen atoms in total. The first kappa shape index (κ1) is 12.9. The predicted molar refractivity (Wildman–Crippen MR) is 76.3 cm³/mol. The van der Waals surface area contributed by atoms with Gasteiger partial charge in [-0.05, 0) is 11.4 Å². The summed E-state index contributed by atoms with van der Waals surface area (Å²) in [4.78, 5) is 37.2. The SMILES string of the molecule is Cn1c2c(c(=O)n(C)c1=O)C(c1cccs1)CC(=O)N2. The van der Waals surface area contributed by atoms with E-state index in [0.29, 0.717) is 11.4 Å². The standard InChI is InChI=1S/C13H13N3O3S/c1-15-11-10(12(18)16(2)13(15)19)7(6-9(17)14-11)8-4-3-5-20-8/h3-5,7H,6H2,1-2H3,(H,14,17). The summed E-state index contributed by atoms with van der Waals surface area (Å²) in [5, 5.41) is 4.55. The van der Waals surface area contributed by atoms with Gasteiger partial charge in [0.25, 0.3) is 5.56 Å². The summed E-state index contributed by atoms with van der Waals surface area (Å²) in [5.74, 6) is -0.156. The molecule has 1 unspecified atom stereocenters. The molecule has 7 heteroatoms. The van der Waals surface area contributed by atoms with E-state index in [1.807, 2.05) is 17.5 Å². The minimum Gasteiger partial charge on any atom is -0.312 e. The summed E-state index contributed by atoms with van der Waals surface area (Å²) in [7, 11) is 3.00. The normalized spacial score (nSPS) is 17.7. The van der Waals surface area contributed by atoms with Gasteiger partial charge in [-0.15, -0.1) is 11.3 Å². The van der Waals surface area contributed by atoms with Gasteiger partial charge in [0.2, 0.25) is 5.91 Å². The van der Waals surface area contributed by atoms with E-state index in [1.54, 1.807) is 7.05 Å². The Kier molecular flexibility index (Phi) is 2.86. The highest BCUT2D eigenvalue weighted by Crippen LogP contribution is 2.35. The lowest BCUT2D eigenvalue weighted by atomic mass is 9.92. The van der Waals surface area contributed by atoms with Crippen molar-refractivity contribution in [1.82, 2.24) is 9.13 Å². The molecule has 0 saturated carbocycles. The average Bonchev–Trinajstić information content (AvgIpc) is 2.95. The van der Waals surface area contributed by atoms with Crippen LogP contribution in [-0.4, -0.2) is 15.0 Å². The van der Waals surface area contributed by atoms with Crippen LogP contribution >= 0.6 is 11.3 Å². The van der Waals surface area contributed by atoms with Crippen molar-refractivity contribution >= 4 is 23.1 Å². The fourth-order valence-electron chi connectivity index (χ4n) is 2.54. The predicted octanol–water partition coefficient (Wildman–Crippen LogP) is 0.620. The van der Waals surface area contributed by atoms with E-state index in [1.165, 1.54) is 23.0 Å². The molecule has 0 aromatic carbocycles. The topological polar surface area (TPSA) is 73.1 Å². The first-order valence-corrected chi connectivity index (χ1v) is 7.02. The minimum absolute atomic E-state index is 0.181. The molecule has 1 aliphatic rings. The molecular formula is C13H13N3O3S. The molecule has 0 aliphatic carbocycles. The number of carbonyl (C=O) groups is 1. The highest BCUT2D eigenvalue weighted by molar-refractivity contribution is 7.10. The Morgan fingerprint density at radius 2 is 2.00 bits per heavy atom. The summed E-state index contributed by atoms with van der Waals surface area (Å²) >= 11 is 1.50. The summed E-state index contributed by atoms with van der Waals surface area (Å²) in [6.07, 6.45) is 0.223. The lowest BCUT2D eigenvalue weighted by Gasteiger charge is -2.26. The van der Waals surface area contributed by atoms with Gasteiger partial charge in [-0.2, -0.15) is 0 Å². The van der Waals surface area contributed by atoms with Crippen molar-refractivity contribution < 1.29 is 4.79 Å². The van der Waals surface area contributed by atoms with Gasteiger partial charge in [-0.25, -0.2) is 4.79 Å². The van der Waals surface area contributed by atoms with Gasteiger partial charge in [0.15, 0.2) is 0 Å². The number of nitrogens with zero attached hydrogens (tertiary/aromatic N) is 2. The Bertz CT molecular complexity index is 801. The summed E-state index contributed by atoms with van der Waals surface area (Å²) < 4.78 is 2.39. The lowest BCUT2D eigenvalue weighted by Crippen LogP contribution is -2.44. The second-order valence-electron chi connectivity index (χ2n) is 4.79. The van der Waals surface area contributed by atoms with Crippen LogP contribution in [0.25, 0.3) is 0 Å². The first-order chi connectivity index (χ1) is 9.50. The number of aromatic nitrogens is 2. The van der Waals surface area contributed by atoms with Crippen molar-refractivity contribution in [2.75, 3.05) is 5.32 Å². The number of fused-ring (bicyclic) bond motifs is 1. The fraction of sp³-hybridized carbons (Fsp3) is 0.308. The molecule has 0 fully saturated rings. The smallest absolute Gasteiger partial charge is 0.312 e. The van der Waals surface area contributed by atoms with E-state index >= 15 is 0 Å². The molecule has 1 amide bonds. The third-order valence-corrected chi connectivity index (χ3v) is 4.57. The maximum absolute atomic E-state index is 12.4. The number of anilines is 1. The van der Waals surface area contributed by atoms with E-state index < -0.39 is 5.69 Å². The molecule has 1 N–H and O–H groups in total. The maximum Gasteiger partial charge on any atom is 0.332 e. The number of hydrogen-bond acceptors (Lipinski definition) is 4. The van der Waals surface area contributed by atoms with Crippen molar-refractivity contribution in [3.63, 3.8) is 0 Å². The molecule has 2 aromatic rings. The minimum atomic E-state index is -0.444. The van der Waals surface area contributed by atoms with Gasteiger partial charge in [0.1, 0.15) is 5.82 Å². The number of hydrogen-bond donors (Lipinski definition) is 1. The average molecular weight is 291 g/mol. The van der Waals surface area contributed by atoms with Crippen LogP contribution in [0.4, 0.5) is 5.82 Å². The maximum atomic E-state index is 12.4. The van der Waals surface area contributed by atoms with Crippen molar-refractivity contribution in [3.8, 4) is 0 Å². The Hall–Kier alpha value is -2.15. The van der Waals surface area contributed by atoms with Crippen LogP contribution in [0.3, 0.4) is 0 Å². The van der Waals surface area contributed by atoms with Gasteiger partial charge < -0.3 is 5.32 Å². The summed E-state index contributed by atoms with van der Waals surface area (Å²) in [6.45, 7) is 0. The quantitative estimate of drug-likeness (QED) is 0.837. The fourth-order valence-corrected chi connectivity index (χ4v) is 3.38. The third-order valence-electron chi connectivity index (χ3n) is 3.58. The molecule has 1 atom stereocenters. The highest BCUT2D eigenvalue weighted by atomic mass is 32.1. The largest absolute Gasteiger partial charge is 0.332 e. The van der Waals surface area contributed by atoms with Crippen LogP contribution in [0.2, 0.25) is 0 Å². The monoisotopic (exact) mass is 291 g/mol. The highest BCUT2D eigenvalue weighted by Gasteiger charge is 2.32. The zero-order chi connectivity index (χ0) is 14.4. The van der Waals surface area contributed by atoms with Gasteiger partial charge in [-0.1, -0.05) is 6.07 Å². The molecule has 2 aromatic heterocycles. The van der Waals surface area contributed by atoms with E-state index in [9.17, 15) is 14.4 Å². The van der Waals surface area contributed by atoms with Gasteiger partial charge in [-0.3, -0.25) is 18.7 Å². The van der Waals surface area contributed by atoms with Crippen LogP contribution in [0.15, 0.2) is 27.1 Å². The molecule has 0 radical (unpaired) electrons. The molecule has 3 rings (SSSR count). The van der Waals surface area contributed by atoms with Crippen molar-refractivity contribution in [2.24, 2.45) is 14.1 Å². The van der Waals surface area contributed by atoms with Gasteiger partial charge in [0.05, 0.1) is 5.56 Å². The molecule has 0 saturated heterocycles. The van der Waals surface area contributed by atoms with E-state index in [-0.39, 0.29) is 23.8 Å². The summed E-state index contributed by atoms with van der Waals surface area (Å²) in [5.41, 5.74) is -0.306. The van der Waals surface area contributed by atoms with Crippen molar-refractivity contribution in [2.45, 2.75) is 12.3 Å². The number of thiophene rings is 1. The second-order valence-corrected chi connectivity index (χ2v) is 5.77. The van der Waals surface area contributed by atoms with E-state index in [2.05, 4.69) is 5.32 Å². The van der Waals surface area contributed by atoms with Gasteiger partial charge in [0, 0.05) is 31.3 Å². The van der Waals surface area contributed by atoms with Crippen LogP contribution in [0.1, 0.15) is 22.8 Å². The number of carbonyl (C=O) groups excluding carboxylic acids is 1.